The maximum atomic E-state index is 13.0. The fraction of sp³-hybridized carbons (Fsp3) is 0.385. The molecular weight excluding hydrogens is 253 g/mol. The van der Waals surface area contributed by atoms with Crippen molar-refractivity contribution in [3.8, 4) is 5.75 Å². The zero-order chi connectivity index (χ0) is 14.6. The summed E-state index contributed by atoms with van der Waals surface area (Å²) in [5, 5.41) is 20.8. The van der Waals surface area contributed by atoms with Crippen LogP contribution in [0, 0.1) is 17.7 Å². The maximum Gasteiger partial charge on any atom is 0.308 e. The Bertz CT molecular complexity index is 488. The highest BCUT2D eigenvalue weighted by atomic mass is 19.1. The van der Waals surface area contributed by atoms with Crippen molar-refractivity contribution >= 4 is 11.9 Å². The minimum Gasteiger partial charge on any atom is -0.507 e. The van der Waals surface area contributed by atoms with Crippen LogP contribution >= 0.6 is 0 Å². The van der Waals surface area contributed by atoms with Gasteiger partial charge in [0.2, 0.25) is 0 Å². The minimum absolute atomic E-state index is 0.0816. The van der Waals surface area contributed by atoms with Gasteiger partial charge in [-0.25, -0.2) is 4.39 Å². The van der Waals surface area contributed by atoms with Crippen LogP contribution in [0.15, 0.2) is 18.2 Å². The molecule has 1 aromatic rings. The second-order valence-corrected chi connectivity index (χ2v) is 4.56. The van der Waals surface area contributed by atoms with E-state index in [-0.39, 0.29) is 23.8 Å². The Kier molecular flexibility index (Phi) is 4.86. The summed E-state index contributed by atoms with van der Waals surface area (Å²) in [5.74, 6) is -3.61. The van der Waals surface area contributed by atoms with E-state index in [0.29, 0.717) is 0 Å². The van der Waals surface area contributed by atoms with Crippen LogP contribution in [0.25, 0.3) is 0 Å². The molecule has 0 saturated heterocycles. The number of benzene rings is 1. The zero-order valence-corrected chi connectivity index (χ0v) is 10.7. The van der Waals surface area contributed by atoms with E-state index in [1.165, 1.54) is 0 Å². The van der Waals surface area contributed by atoms with Crippen molar-refractivity contribution in [3.05, 3.63) is 29.6 Å². The van der Waals surface area contributed by atoms with E-state index in [1.54, 1.807) is 13.8 Å². The molecule has 0 radical (unpaired) electrons. The van der Waals surface area contributed by atoms with Gasteiger partial charge in [-0.3, -0.25) is 9.59 Å². The molecule has 0 saturated carbocycles. The lowest BCUT2D eigenvalue weighted by Crippen LogP contribution is -2.35. The number of carbonyl (C=O) groups excluding carboxylic acids is 1. The summed E-state index contributed by atoms with van der Waals surface area (Å²) in [6.45, 7) is 3.37. The summed E-state index contributed by atoms with van der Waals surface area (Å²) in [4.78, 5) is 22.7. The highest BCUT2D eigenvalue weighted by molar-refractivity contribution is 5.97. The lowest BCUT2D eigenvalue weighted by atomic mass is 9.96. The number of aromatic hydroxyl groups is 1. The van der Waals surface area contributed by atoms with Gasteiger partial charge in [0.1, 0.15) is 11.6 Å². The average molecular weight is 269 g/mol. The molecule has 6 heteroatoms. The Morgan fingerprint density at radius 3 is 2.53 bits per heavy atom. The number of hydrogen-bond acceptors (Lipinski definition) is 3. The molecule has 0 spiro atoms. The maximum absolute atomic E-state index is 13.0. The van der Waals surface area contributed by atoms with Gasteiger partial charge in [-0.2, -0.15) is 0 Å². The van der Waals surface area contributed by atoms with Gasteiger partial charge in [-0.1, -0.05) is 13.8 Å². The molecule has 1 atom stereocenters. The molecule has 0 bridgehead atoms. The first-order chi connectivity index (χ1) is 8.82. The van der Waals surface area contributed by atoms with Crippen LogP contribution in [0.5, 0.6) is 5.75 Å². The predicted molar refractivity (Wildman–Crippen MR) is 66.4 cm³/mol. The monoisotopic (exact) mass is 269 g/mol. The summed E-state index contributed by atoms with van der Waals surface area (Å²) in [7, 11) is 0. The second kappa shape index (κ2) is 6.17. The van der Waals surface area contributed by atoms with E-state index in [9.17, 15) is 19.1 Å². The molecule has 5 nitrogen and oxygen atoms in total. The third-order valence-electron chi connectivity index (χ3n) is 2.81. The largest absolute Gasteiger partial charge is 0.507 e. The number of nitrogens with one attached hydrogen (secondary N) is 1. The number of halogens is 1. The van der Waals surface area contributed by atoms with Gasteiger partial charge in [0, 0.05) is 6.54 Å². The number of carboxylic acids is 1. The smallest absolute Gasteiger partial charge is 0.308 e. The van der Waals surface area contributed by atoms with Crippen molar-refractivity contribution in [2.45, 2.75) is 13.8 Å². The molecule has 0 aliphatic rings. The quantitative estimate of drug-likeness (QED) is 0.758. The molecule has 0 aromatic heterocycles. The van der Waals surface area contributed by atoms with Crippen molar-refractivity contribution in [3.63, 3.8) is 0 Å². The first kappa shape index (κ1) is 14.9. The number of amides is 1. The van der Waals surface area contributed by atoms with Gasteiger partial charge in [-0.05, 0) is 24.1 Å². The van der Waals surface area contributed by atoms with E-state index in [1.807, 2.05) is 0 Å². The fourth-order valence-electron chi connectivity index (χ4n) is 1.60. The molecule has 0 aliphatic heterocycles. The lowest BCUT2D eigenvalue weighted by Gasteiger charge is -2.16. The fourth-order valence-corrected chi connectivity index (χ4v) is 1.60. The van der Waals surface area contributed by atoms with Crippen LogP contribution in [-0.4, -0.2) is 28.6 Å². The SMILES string of the molecule is CC(C)C(CNC(=O)c1cc(F)ccc1O)C(=O)O. The lowest BCUT2D eigenvalue weighted by molar-refractivity contribution is -0.142. The topological polar surface area (TPSA) is 86.6 Å². The van der Waals surface area contributed by atoms with E-state index < -0.39 is 23.6 Å². The Morgan fingerprint density at radius 2 is 2.00 bits per heavy atom. The van der Waals surface area contributed by atoms with Crippen LogP contribution in [0.2, 0.25) is 0 Å². The average Bonchev–Trinajstić information content (AvgIpc) is 2.31. The van der Waals surface area contributed by atoms with Gasteiger partial charge in [0.25, 0.3) is 5.91 Å². The van der Waals surface area contributed by atoms with Gasteiger partial charge >= 0.3 is 5.97 Å². The van der Waals surface area contributed by atoms with Gasteiger partial charge in [0.05, 0.1) is 11.5 Å². The number of rotatable bonds is 5. The highest BCUT2D eigenvalue weighted by Crippen LogP contribution is 2.18. The summed E-state index contributed by atoms with van der Waals surface area (Å²) in [6.07, 6.45) is 0. The number of carbonyl (C=O) groups is 2. The van der Waals surface area contributed by atoms with Gasteiger partial charge in [0.15, 0.2) is 0 Å². The first-order valence-electron chi connectivity index (χ1n) is 5.82. The third-order valence-corrected chi connectivity index (χ3v) is 2.81. The Hall–Kier alpha value is -2.11. The van der Waals surface area contributed by atoms with Crippen molar-refractivity contribution in [2.24, 2.45) is 11.8 Å². The van der Waals surface area contributed by atoms with Crippen molar-refractivity contribution in [1.29, 1.82) is 0 Å². The first-order valence-corrected chi connectivity index (χ1v) is 5.82. The van der Waals surface area contributed by atoms with Gasteiger partial charge < -0.3 is 15.5 Å². The molecule has 1 amide bonds. The van der Waals surface area contributed by atoms with E-state index in [4.69, 9.17) is 5.11 Å². The van der Waals surface area contributed by atoms with Crippen molar-refractivity contribution in [1.82, 2.24) is 5.32 Å². The van der Waals surface area contributed by atoms with Crippen LogP contribution in [-0.2, 0) is 4.79 Å². The Balaban J connectivity index is 2.75. The number of phenols is 1. The second-order valence-electron chi connectivity index (χ2n) is 4.56. The minimum atomic E-state index is -1.02. The molecular formula is C13H16FNO4. The van der Waals surface area contributed by atoms with Crippen LogP contribution < -0.4 is 5.32 Å². The standard InChI is InChI=1S/C13H16FNO4/c1-7(2)10(13(18)19)6-15-12(17)9-5-8(14)3-4-11(9)16/h3-5,7,10,16H,6H2,1-2H3,(H,15,17)(H,18,19). The Morgan fingerprint density at radius 1 is 1.37 bits per heavy atom. The predicted octanol–water partition coefficient (Wildman–Crippen LogP) is 1.62. The van der Waals surface area contributed by atoms with E-state index in [0.717, 1.165) is 18.2 Å². The van der Waals surface area contributed by atoms with Crippen molar-refractivity contribution in [2.75, 3.05) is 6.54 Å². The molecule has 1 rings (SSSR count). The molecule has 3 N–H and O–H groups in total. The van der Waals surface area contributed by atoms with Crippen LogP contribution in [0.3, 0.4) is 0 Å². The summed E-state index contributed by atoms with van der Waals surface area (Å²) >= 11 is 0. The summed E-state index contributed by atoms with van der Waals surface area (Å²) in [6, 6.07) is 3.00. The zero-order valence-electron chi connectivity index (χ0n) is 10.7. The molecule has 19 heavy (non-hydrogen) atoms. The molecule has 104 valence electrons. The third kappa shape index (κ3) is 3.94. The normalized spacial score (nSPS) is 12.2. The number of hydrogen-bond donors (Lipinski definition) is 3. The number of phenolic OH excluding ortho intramolecular Hbond substituents is 1. The molecule has 0 heterocycles. The van der Waals surface area contributed by atoms with E-state index in [2.05, 4.69) is 5.32 Å². The van der Waals surface area contributed by atoms with Crippen LogP contribution in [0.1, 0.15) is 24.2 Å². The Labute approximate surface area is 110 Å². The summed E-state index contributed by atoms with van der Waals surface area (Å²) in [5.41, 5.74) is -0.215. The van der Waals surface area contributed by atoms with Crippen LogP contribution in [0.4, 0.5) is 4.39 Å². The number of carboxylic acid groups (broad SMARTS) is 1. The number of aliphatic carboxylic acids is 1. The highest BCUT2D eigenvalue weighted by Gasteiger charge is 2.22. The van der Waals surface area contributed by atoms with E-state index >= 15 is 0 Å². The molecule has 1 unspecified atom stereocenters. The molecule has 0 fully saturated rings. The van der Waals surface area contributed by atoms with Gasteiger partial charge in [-0.15, -0.1) is 0 Å². The summed E-state index contributed by atoms with van der Waals surface area (Å²) < 4.78 is 13.0. The van der Waals surface area contributed by atoms with Crippen molar-refractivity contribution < 1.29 is 24.2 Å². The molecule has 1 aromatic carbocycles. The molecule has 0 aliphatic carbocycles.